The van der Waals surface area contributed by atoms with E-state index in [0.29, 0.717) is 54.8 Å². The van der Waals surface area contributed by atoms with Gasteiger partial charge in [0.15, 0.2) is 11.7 Å². The molecule has 1 saturated carbocycles. The summed E-state index contributed by atoms with van der Waals surface area (Å²) in [6.07, 6.45) is 14.3. The minimum Gasteiger partial charge on any atom is -0.474 e. The number of aromatic nitrogens is 1. The number of hydrogen-bond donors (Lipinski definition) is 4. The molecule has 2 aliphatic heterocycles. The normalized spacial score (nSPS) is 18.6. The number of hydrogen-bond acceptors (Lipinski definition) is 11. The van der Waals surface area contributed by atoms with E-state index in [2.05, 4.69) is 37.5 Å². The summed E-state index contributed by atoms with van der Waals surface area (Å²) in [5.74, 6) is 6.80. The fraction of sp³-hybridized carbons (Fsp3) is 0.677. The Labute approximate surface area is 261 Å². The van der Waals surface area contributed by atoms with E-state index in [9.17, 15) is 9.59 Å². The number of likely N-dealkylation sites (tertiary alicyclic amines) is 1. The minimum absolute atomic E-state index is 0.133. The van der Waals surface area contributed by atoms with Crippen molar-refractivity contribution in [3.63, 3.8) is 0 Å². The molecule has 1 saturated heterocycles. The maximum atomic E-state index is 12.6. The molecule has 0 unspecified atom stereocenters. The van der Waals surface area contributed by atoms with Crippen molar-refractivity contribution >= 4 is 18.2 Å². The second-order valence-corrected chi connectivity index (χ2v) is 12.2. The molecule has 0 bridgehead atoms. The summed E-state index contributed by atoms with van der Waals surface area (Å²) in [4.78, 5) is 37.5. The first-order chi connectivity index (χ1) is 21.4. The van der Waals surface area contributed by atoms with Gasteiger partial charge in [-0.15, -0.1) is 5.10 Å². The predicted molar refractivity (Wildman–Crippen MR) is 168 cm³/mol. The van der Waals surface area contributed by atoms with Gasteiger partial charge in [0.25, 0.3) is 0 Å². The average Bonchev–Trinajstić information content (AvgIpc) is 3.04. The van der Waals surface area contributed by atoms with E-state index in [1.807, 2.05) is 12.1 Å². The molecule has 1 aromatic rings. The number of hydrazine groups is 1. The molecular formula is C31H51N9O4. The van der Waals surface area contributed by atoms with Crippen molar-refractivity contribution in [2.24, 2.45) is 22.1 Å². The van der Waals surface area contributed by atoms with Crippen LogP contribution in [0.2, 0.25) is 0 Å². The first-order valence-electron chi connectivity index (χ1n) is 16.1. The summed E-state index contributed by atoms with van der Waals surface area (Å²) >= 11 is 0. The van der Waals surface area contributed by atoms with Crippen molar-refractivity contribution in [3.05, 3.63) is 35.4 Å². The van der Waals surface area contributed by atoms with Crippen molar-refractivity contribution in [1.82, 2.24) is 30.6 Å². The van der Waals surface area contributed by atoms with E-state index in [4.69, 9.17) is 16.4 Å². The van der Waals surface area contributed by atoms with Gasteiger partial charge < -0.3 is 25.5 Å². The number of carbonyl (C=O) groups excluding carboxylic acids is 2. The molecule has 3 heterocycles. The van der Waals surface area contributed by atoms with Gasteiger partial charge in [-0.25, -0.2) is 16.0 Å². The van der Waals surface area contributed by atoms with Gasteiger partial charge in [0, 0.05) is 38.8 Å². The zero-order chi connectivity index (χ0) is 31.4. The molecule has 6 N–H and O–H groups in total. The van der Waals surface area contributed by atoms with Crippen LogP contribution in [0.5, 0.6) is 5.88 Å². The number of nitrogens with zero attached hydrogens (tertiary/aromatic N) is 5. The summed E-state index contributed by atoms with van der Waals surface area (Å²) in [5, 5.41) is 9.09. The standard InChI is InChI=1S/C31H51N9O4/c1-3-4-17-40-36-29(32)28(34-2)30(37-40)39(23-41)22-24-9-10-26(35-21-24)44-25-11-13-31(14-12-25)15-18-38(19-16-31)27(42)8-6-5-7-20-43-33/h9-10,21,23,25,34,37H,3-8,11-20,22,33H2,1-2H3,(H2,32,36). The molecular weight excluding hydrogens is 562 g/mol. The summed E-state index contributed by atoms with van der Waals surface area (Å²) in [7, 11) is 1.75. The smallest absolute Gasteiger partial charge is 0.222 e. The molecule has 13 heteroatoms. The Hall–Kier alpha value is -3.58. The van der Waals surface area contributed by atoms with Crippen molar-refractivity contribution < 1.29 is 19.2 Å². The monoisotopic (exact) mass is 613 g/mol. The number of nitrogens with two attached hydrogens (primary N) is 2. The van der Waals surface area contributed by atoms with E-state index < -0.39 is 0 Å². The van der Waals surface area contributed by atoms with Gasteiger partial charge in [0.2, 0.25) is 18.2 Å². The molecule has 0 aromatic carbocycles. The average molecular weight is 614 g/mol. The first kappa shape index (κ1) is 33.3. The fourth-order valence-corrected chi connectivity index (χ4v) is 6.33. The predicted octanol–water partition coefficient (Wildman–Crippen LogP) is 2.70. The topological polar surface area (TPSA) is 164 Å². The van der Waals surface area contributed by atoms with Crippen LogP contribution in [0.15, 0.2) is 34.9 Å². The summed E-state index contributed by atoms with van der Waals surface area (Å²) in [6, 6.07) is 3.82. The van der Waals surface area contributed by atoms with Crippen LogP contribution >= 0.6 is 0 Å². The number of likely N-dealkylation sites (N-methyl/N-ethyl adjacent to an activating group) is 1. The van der Waals surface area contributed by atoms with Crippen LogP contribution < -0.4 is 27.1 Å². The third kappa shape index (κ3) is 8.98. The van der Waals surface area contributed by atoms with E-state index in [-0.39, 0.29) is 12.0 Å². The zero-order valence-corrected chi connectivity index (χ0v) is 26.4. The molecule has 3 aliphatic rings. The SMILES string of the molecule is CCCCN1N=C(N)C(NC)=C(N(C=O)Cc2ccc(OC3CCC4(CC3)CCN(C(=O)CCCCCON)CC4)nc2)N1. The van der Waals surface area contributed by atoms with Crippen LogP contribution in [0, 0.1) is 5.41 Å². The number of ether oxygens (including phenoxy) is 1. The number of hydrazone groups is 1. The Kier molecular flexibility index (Phi) is 12.5. The number of unbranched alkanes of at least 4 members (excludes halogenated alkanes) is 3. The fourth-order valence-electron chi connectivity index (χ4n) is 6.33. The lowest BCUT2D eigenvalue weighted by atomic mass is 9.67. The Balaban J connectivity index is 1.23. The lowest BCUT2D eigenvalue weighted by Crippen LogP contribution is -2.49. The molecule has 1 spiro atoms. The second kappa shape index (κ2) is 16.5. The number of piperidine rings is 1. The zero-order valence-electron chi connectivity index (χ0n) is 26.4. The molecule has 4 rings (SSSR count). The lowest BCUT2D eigenvalue weighted by molar-refractivity contribution is -0.134. The van der Waals surface area contributed by atoms with E-state index in [1.54, 1.807) is 23.3 Å². The molecule has 1 aromatic heterocycles. The van der Waals surface area contributed by atoms with E-state index >= 15 is 0 Å². The molecule has 13 nitrogen and oxygen atoms in total. The molecule has 2 fully saturated rings. The summed E-state index contributed by atoms with van der Waals surface area (Å²) in [6.45, 7) is 5.35. The van der Waals surface area contributed by atoms with Crippen molar-refractivity contribution in [3.8, 4) is 5.88 Å². The van der Waals surface area contributed by atoms with Gasteiger partial charge in [-0.3, -0.25) is 19.9 Å². The molecule has 2 amide bonds. The van der Waals surface area contributed by atoms with Crippen LogP contribution in [-0.2, 0) is 21.0 Å². The third-order valence-electron chi connectivity index (χ3n) is 9.11. The van der Waals surface area contributed by atoms with Crippen LogP contribution in [0.1, 0.15) is 89.5 Å². The number of pyridine rings is 1. The van der Waals surface area contributed by atoms with E-state index in [0.717, 1.165) is 95.7 Å². The maximum absolute atomic E-state index is 12.6. The highest BCUT2D eigenvalue weighted by molar-refractivity contribution is 5.97. The highest BCUT2D eigenvalue weighted by Crippen LogP contribution is 2.45. The maximum Gasteiger partial charge on any atom is 0.222 e. The van der Waals surface area contributed by atoms with Crippen molar-refractivity contribution in [1.29, 1.82) is 0 Å². The number of rotatable bonds is 16. The van der Waals surface area contributed by atoms with Gasteiger partial charge in [0.05, 0.1) is 19.7 Å². The number of amides is 2. The van der Waals surface area contributed by atoms with Crippen LogP contribution in [0.4, 0.5) is 0 Å². The largest absolute Gasteiger partial charge is 0.474 e. The van der Waals surface area contributed by atoms with Gasteiger partial charge in [-0.1, -0.05) is 25.8 Å². The van der Waals surface area contributed by atoms with Gasteiger partial charge in [0.1, 0.15) is 11.8 Å². The molecule has 244 valence electrons. The Morgan fingerprint density at radius 2 is 1.95 bits per heavy atom. The van der Waals surface area contributed by atoms with Crippen LogP contribution in [0.3, 0.4) is 0 Å². The number of carbonyl (C=O) groups is 2. The van der Waals surface area contributed by atoms with Gasteiger partial charge >= 0.3 is 0 Å². The summed E-state index contributed by atoms with van der Waals surface area (Å²) in [5.41, 5.74) is 11.1. The van der Waals surface area contributed by atoms with Gasteiger partial charge in [-0.05, 0) is 68.8 Å². The van der Waals surface area contributed by atoms with Crippen LogP contribution in [0.25, 0.3) is 0 Å². The molecule has 0 atom stereocenters. The third-order valence-corrected chi connectivity index (χ3v) is 9.11. The number of amidine groups is 1. The van der Waals surface area contributed by atoms with Gasteiger partial charge in [-0.2, -0.15) is 0 Å². The Bertz CT molecular complexity index is 1130. The Morgan fingerprint density at radius 3 is 2.59 bits per heavy atom. The quantitative estimate of drug-likeness (QED) is 0.124. The van der Waals surface area contributed by atoms with Crippen molar-refractivity contribution in [2.75, 3.05) is 33.3 Å². The van der Waals surface area contributed by atoms with E-state index in [1.165, 1.54) is 0 Å². The van der Waals surface area contributed by atoms with Crippen LogP contribution in [-0.4, -0.2) is 77.4 Å². The Morgan fingerprint density at radius 1 is 1.18 bits per heavy atom. The molecule has 1 aliphatic carbocycles. The van der Waals surface area contributed by atoms with Crippen molar-refractivity contribution in [2.45, 2.75) is 96.6 Å². The highest BCUT2D eigenvalue weighted by atomic mass is 16.6. The first-order valence-corrected chi connectivity index (χ1v) is 16.1. The molecule has 0 radical (unpaired) electrons. The number of nitrogens with one attached hydrogen (secondary N) is 2. The minimum atomic E-state index is 0.133. The summed E-state index contributed by atoms with van der Waals surface area (Å²) < 4.78 is 6.28. The lowest BCUT2D eigenvalue weighted by Gasteiger charge is -2.45. The highest BCUT2D eigenvalue weighted by Gasteiger charge is 2.39. The molecule has 44 heavy (non-hydrogen) atoms. The second-order valence-electron chi connectivity index (χ2n) is 12.2.